The lowest BCUT2D eigenvalue weighted by Crippen LogP contribution is -2.75. The van der Waals surface area contributed by atoms with Crippen molar-refractivity contribution >= 4 is 23.9 Å². The number of ether oxygens (including phenoxy) is 7. The lowest BCUT2D eigenvalue weighted by molar-refractivity contribution is -0.459. The zero-order chi connectivity index (χ0) is 46.5. The molecule has 0 aromatic heterocycles. The maximum atomic E-state index is 14.3. The van der Waals surface area contributed by atoms with E-state index in [1.165, 1.54) is 13.8 Å². The van der Waals surface area contributed by atoms with Crippen LogP contribution in [0.25, 0.3) is 0 Å². The summed E-state index contributed by atoms with van der Waals surface area (Å²) in [5.41, 5.74) is -7.87. The SMILES string of the molecule is C=C(C)[C@]12C[C@@H](COC(=O)c3ccccc3)[C@@]34OC5(O[C@@H]1[C@@H]3[C@@H]1O[C@]1(COC(=O)CC(C)(C)C(=O)O)[C@@H](O)[C@@]1(O)[C@H]4[C@H]([C@H](C)[C@@H]1OC(=O)c1ccccc1)[C@H](C)CCCCCC[C@H]5O)O2. The molecule has 1 unspecified atom stereocenters. The van der Waals surface area contributed by atoms with Gasteiger partial charge in [0.25, 0.3) is 0 Å². The molecule has 9 rings (SSSR count). The molecule has 16 atom stereocenters. The van der Waals surface area contributed by atoms with Crippen molar-refractivity contribution in [1.29, 1.82) is 0 Å². The van der Waals surface area contributed by atoms with Gasteiger partial charge in [0.1, 0.15) is 48.3 Å². The van der Waals surface area contributed by atoms with Crippen LogP contribution in [0.1, 0.15) is 107 Å². The molecule has 4 saturated heterocycles. The van der Waals surface area contributed by atoms with Gasteiger partial charge in [-0.25, -0.2) is 9.59 Å². The maximum absolute atomic E-state index is 14.3. The Morgan fingerprint density at radius 2 is 1.48 bits per heavy atom. The van der Waals surface area contributed by atoms with Gasteiger partial charge in [0.2, 0.25) is 0 Å². The summed E-state index contributed by atoms with van der Waals surface area (Å²) in [6.07, 6.45) is -3.15. The van der Waals surface area contributed by atoms with Crippen LogP contribution < -0.4 is 0 Å². The van der Waals surface area contributed by atoms with E-state index in [1.54, 1.807) is 67.6 Å². The lowest BCUT2D eigenvalue weighted by Gasteiger charge is -2.62. The molecule has 3 bridgehead atoms. The molecule has 2 aromatic rings. The van der Waals surface area contributed by atoms with Crippen molar-refractivity contribution in [3.05, 3.63) is 83.9 Å². The van der Waals surface area contributed by atoms with E-state index in [-0.39, 0.29) is 30.9 Å². The maximum Gasteiger partial charge on any atom is 0.338 e. The molecule has 352 valence electrons. The van der Waals surface area contributed by atoms with Crippen LogP contribution >= 0.6 is 0 Å². The number of fused-ring (bicyclic) bond motifs is 1. The Morgan fingerprint density at radius 3 is 2.11 bits per heavy atom. The van der Waals surface area contributed by atoms with Crippen LogP contribution in [0.3, 0.4) is 0 Å². The van der Waals surface area contributed by atoms with Crippen LogP contribution in [-0.2, 0) is 42.7 Å². The van der Waals surface area contributed by atoms with Gasteiger partial charge >= 0.3 is 29.9 Å². The first-order valence-electron chi connectivity index (χ1n) is 23.2. The molecule has 65 heavy (non-hydrogen) atoms. The second kappa shape index (κ2) is 16.2. The Morgan fingerprint density at radius 1 is 0.846 bits per heavy atom. The Kier molecular flexibility index (Phi) is 11.5. The number of hydrogen-bond donors (Lipinski definition) is 4. The number of epoxide rings is 1. The zero-order valence-corrected chi connectivity index (χ0v) is 37.7. The van der Waals surface area contributed by atoms with Gasteiger partial charge in [0, 0.05) is 17.8 Å². The first-order valence-corrected chi connectivity index (χ1v) is 23.2. The summed E-state index contributed by atoms with van der Waals surface area (Å²) in [5, 5.41) is 49.8. The second-order valence-corrected chi connectivity index (χ2v) is 20.7. The van der Waals surface area contributed by atoms with E-state index >= 15 is 0 Å². The number of aliphatic hydroxyl groups excluding tert-OH is 2. The molecular formula is C50H62O15. The van der Waals surface area contributed by atoms with E-state index in [9.17, 15) is 39.6 Å². The Labute approximate surface area is 378 Å². The Balaban J connectivity index is 1.26. The third-order valence-corrected chi connectivity index (χ3v) is 16.3. The number of carbonyl (C=O) groups is 4. The molecule has 15 heteroatoms. The van der Waals surface area contributed by atoms with E-state index in [0.717, 1.165) is 19.3 Å². The number of aliphatic hydroxyl groups is 3. The summed E-state index contributed by atoms with van der Waals surface area (Å²) in [5.74, 6) is -9.94. The van der Waals surface area contributed by atoms with Crippen LogP contribution in [0, 0.1) is 40.9 Å². The molecule has 15 nitrogen and oxygen atoms in total. The summed E-state index contributed by atoms with van der Waals surface area (Å²) in [4.78, 5) is 53.8. The number of carboxylic acids is 1. The quantitative estimate of drug-likeness (QED) is 0.0964. The van der Waals surface area contributed by atoms with Crippen molar-refractivity contribution in [3.63, 3.8) is 0 Å². The summed E-state index contributed by atoms with van der Waals surface area (Å²) < 4.78 is 46.8. The van der Waals surface area contributed by atoms with E-state index in [1.807, 2.05) is 6.92 Å². The molecule has 2 spiro atoms. The predicted molar refractivity (Wildman–Crippen MR) is 229 cm³/mol. The number of carbonyl (C=O) groups excluding carboxylic acids is 3. The van der Waals surface area contributed by atoms with Crippen molar-refractivity contribution < 1.29 is 72.8 Å². The normalized spacial score (nSPS) is 42.5. The molecular weight excluding hydrogens is 841 g/mol. The Bertz CT molecular complexity index is 2200. The topological polar surface area (TPSA) is 217 Å². The Hall–Kier alpha value is -4.22. The van der Waals surface area contributed by atoms with Crippen LogP contribution in [0.4, 0.5) is 0 Å². The summed E-state index contributed by atoms with van der Waals surface area (Å²) in [7, 11) is 0. The summed E-state index contributed by atoms with van der Waals surface area (Å²) >= 11 is 0. The summed E-state index contributed by atoms with van der Waals surface area (Å²) in [6, 6.07) is 16.8. The van der Waals surface area contributed by atoms with E-state index in [4.69, 9.17) is 33.2 Å². The average Bonchev–Trinajstić information content (AvgIpc) is 3.90. The molecule has 3 aliphatic carbocycles. The predicted octanol–water partition coefficient (Wildman–Crippen LogP) is 5.38. The second-order valence-electron chi connectivity index (χ2n) is 20.7. The highest BCUT2D eigenvalue weighted by Crippen LogP contribution is 2.76. The molecule has 0 amide bonds. The number of esters is 3. The zero-order valence-electron chi connectivity index (χ0n) is 37.7. The molecule has 4 aliphatic heterocycles. The largest absolute Gasteiger partial charge is 0.481 e. The average molecular weight is 903 g/mol. The van der Waals surface area contributed by atoms with Gasteiger partial charge in [-0.1, -0.05) is 88.9 Å². The van der Waals surface area contributed by atoms with Gasteiger partial charge in [-0.05, 0) is 81.2 Å². The minimum atomic E-state index is -2.44. The van der Waals surface area contributed by atoms with Gasteiger partial charge < -0.3 is 53.6 Å². The smallest absolute Gasteiger partial charge is 0.338 e. The fraction of sp³-hybridized carbons (Fsp3) is 0.640. The molecule has 7 fully saturated rings. The van der Waals surface area contributed by atoms with Gasteiger partial charge in [0.15, 0.2) is 5.60 Å². The standard InChI is InChI=1S/C50H62O15/c1-27(2)46-23-32(25-59-41(53)30-18-12-9-13-19-30)49-36-39(46)63-50(64-46,65-49)33(51)22-16-8-7-11-17-28(3)35-29(4)38(61-42(54)31-20-14-10-15-21-31)48(58,37(35)49)43(55)47(40(36)62-47)26-60-34(52)24-45(5,6)44(56)57/h9-10,12-15,18-21,28-29,32-33,35-40,43,51,55,58H,1,7-8,11,16-17,22-26H2,2-6H3,(H,56,57)/t28-,29+,32+,33-,35+,36-,37-,38+,39-,40+,43-,46-,47+,48-,49-,50?/m1/s1. The highest BCUT2D eigenvalue weighted by atomic mass is 16.9. The van der Waals surface area contributed by atoms with Crippen molar-refractivity contribution in [2.45, 2.75) is 145 Å². The van der Waals surface area contributed by atoms with Crippen molar-refractivity contribution in [2.75, 3.05) is 13.2 Å². The van der Waals surface area contributed by atoms with Gasteiger partial charge in [-0.3, -0.25) is 9.59 Å². The monoisotopic (exact) mass is 902 g/mol. The summed E-state index contributed by atoms with van der Waals surface area (Å²) in [6.45, 7) is 12.1. The fourth-order valence-electron chi connectivity index (χ4n) is 13.1. The number of carboxylic acid groups (broad SMARTS) is 1. The lowest BCUT2D eigenvalue weighted by atomic mass is 9.51. The molecule has 3 saturated carbocycles. The number of aliphatic carboxylic acids is 1. The van der Waals surface area contributed by atoms with Crippen molar-refractivity contribution in [3.8, 4) is 0 Å². The molecule has 4 N–H and O–H groups in total. The van der Waals surface area contributed by atoms with Crippen LogP contribution in [0.5, 0.6) is 0 Å². The van der Waals surface area contributed by atoms with E-state index < -0.39 is 131 Å². The first kappa shape index (κ1) is 45.9. The fourth-order valence-corrected chi connectivity index (χ4v) is 13.1. The van der Waals surface area contributed by atoms with Crippen molar-refractivity contribution in [2.24, 2.45) is 40.9 Å². The highest BCUT2D eigenvalue weighted by molar-refractivity contribution is 5.90. The van der Waals surface area contributed by atoms with Crippen LogP contribution in [-0.4, -0.2) is 116 Å². The molecule has 0 radical (unpaired) electrons. The third-order valence-electron chi connectivity index (χ3n) is 16.3. The first-order chi connectivity index (χ1) is 30.8. The van der Waals surface area contributed by atoms with Crippen LogP contribution in [0.2, 0.25) is 0 Å². The molecule has 2 aromatic carbocycles. The van der Waals surface area contributed by atoms with E-state index in [0.29, 0.717) is 24.0 Å². The molecule has 7 aliphatic rings. The number of benzene rings is 2. The molecule has 4 heterocycles. The van der Waals surface area contributed by atoms with Crippen LogP contribution in [0.15, 0.2) is 72.8 Å². The number of rotatable bonds is 11. The third kappa shape index (κ3) is 6.92. The minimum absolute atomic E-state index is 0.0889. The van der Waals surface area contributed by atoms with Gasteiger partial charge in [-0.15, -0.1) is 0 Å². The van der Waals surface area contributed by atoms with Crippen molar-refractivity contribution in [1.82, 2.24) is 0 Å². The minimum Gasteiger partial charge on any atom is -0.481 e. The van der Waals surface area contributed by atoms with E-state index in [2.05, 4.69) is 13.5 Å². The highest BCUT2D eigenvalue weighted by Gasteiger charge is 2.91. The van der Waals surface area contributed by atoms with Gasteiger partial charge in [-0.2, -0.15) is 0 Å². The van der Waals surface area contributed by atoms with Gasteiger partial charge in [0.05, 0.1) is 35.2 Å². The number of hydrogen-bond acceptors (Lipinski definition) is 14.